The number of aryl methyl sites for hydroxylation is 1. The van der Waals surface area contributed by atoms with Crippen LogP contribution in [0.4, 0.5) is 0 Å². The number of hydrogen-bond donors (Lipinski definition) is 2. The molecule has 2 saturated carbocycles. The van der Waals surface area contributed by atoms with Crippen LogP contribution >= 0.6 is 0 Å². The molecule has 2 bridgehead atoms. The molecule has 0 saturated heterocycles. The van der Waals surface area contributed by atoms with Gasteiger partial charge in [0.1, 0.15) is 0 Å². The average molecular weight is 326 g/mol. The molecule has 2 aromatic rings. The Kier molecular flexibility index (Phi) is 4.27. The number of nitrogens with zero attached hydrogens (tertiary/aromatic N) is 2. The van der Waals surface area contributed by atoms with Crippen molar-refractivity contribution in [2.45, 2.75) is 57.2 Å². The van der Waals surface area contributed by atoms with E-state index >= 15 is 0 Å². The number of para-hydroxylation sites is 2. The number of fused-ring (bicyclic) bond motifs is 3. The van der Waals surface area contributed by atoms with E-state index in [-0.39, 0.29) is 5.91 Å². The standard InChI is InChI=1S/C19H26N4O/c20-15-10-13-4-3-5-14(11-15)19(13)22-18(24)8-9-23-12-21-16-6-1-2-7-17(16)23/h1-2,6-7,12-15,19H,3-5,8-11,20H2,(H,22,24). The summed E-state index contributed by atoms with van der Waals surface area (Å²) in [5.41, 5.74) is 8.24. The fourth-order valence-corrected chi connectivity index (χ4v) is 4.69. The first-order chi connectivity index (χ1) is 11.7. The lowest BCUT2D eigenvalue weighted by Gasteiger charge is -2.45. The molecule has 2 atom stereocenters. The summed E-state index contributed by atoms with van der Waals surface area (Å²) in [7, 11) is 0. The lowest BCUT2D eigenvalue weighted by Crippen LogP contribution is -2.53. The molecule has 2 fully saturated rings. The molecule has 3 N–H and O–H groups in total. The number of hydrogen-bond acceptors (Lipinski definition) is 3. The molecule has 2 unspecified atom stereocenters. The fourth-order valence-electron chi connectivity index (χ4n) is 4.69. The molecule has 5 heteroatoms. The summed E-state index contributed by atoms with van der Waals surface area (Å²) in [6.45, 7) is 0.675. The van der Waals surface area contributed by atoms with Gasteiger partial charge < -0.3 is 15.6 Å². The molecule has 1 heterocycles. The molecule has 5 nitrogen and oxygen atoms in total. The minimum absolute atomic E-state index is 0.158. The number of amides is 1. The quantitative estimate of drug-likeness (QED) is 0.906. The molecule has 2 aliphatic rings. The number of benzene rings is 1. The van der Waals surface area contributed by atoms with Crippen LogP contribution in [0.15, 0.2) is 30.6 Å². The minimum atomic E-state index is 0.158. The van der Waals surface area contributed by atoms with Gasteiger partial charge in [0.25, 0.3) is 0 Å². The van der Waals surface area contributed by atoms with Crippen molar-refractivity contribution < 1.29 is 4.79 Å². The normalized spacial score (nSPS) is 29.5. The van der Waals surface area contributed by atoms with Crippen LogP contribution in [0.5, 0.6) is 0 Å². The third kappa shape index (κ3) is 3.05. The van der Waals surface area contributed by atoms with Crippen molar-refractivity contribution in [1.29, 1.82) is 0 Å². The topological polar surface area (TPSA) is 72.9 Å². The van der Waals surface area contributed by atoms with Crippen molar-refractivity contribution in [1.82, 2.24) is 14.9 Å². The van der Waals surface area contributed by atoms with E-state index in [1.165, 1.54) is 19.3 Å². The highest BCUT2D eigenvalue weighted by Gasteiger charge is 2.39. The molecular weight excluding hydrogens is 300 g/mol. The van der Waals surface area contributed by atoms with Gasteiger partial charge >= 0.3 is 0 Å². The Morgan fingerprint density at radius 3 is 2.79 bits per heavy atom. The Labute approximate surface area is 142 Å². The van der Waals surface area contributed by atoms with E-state index in [1.807, 2.05) is 30.6 Å². The van der Waals surface area contributed by atoms with Crippen molar-refractivity contribution >= 4 is 16.9 Å². The lowest BCUT2D eigenvalue weighted by molar-refractivity contribution is -0.123. The first kappa shape index (κ1) is 15.6. The number of imidazole rings is 1. The van der Waals surface area contributed by atoms with Crippen molar-refractivity contribution in [3.8, 4) is 0 Å². The van der Waals surface area contributed by atoms with Crippen LogP contribution in [0.2, 0.25) is 0 Å². The predicted octanol–water partition coefficient (Wildman–Crippen LogP) is 2.45. The molecule has 0 spiro atoms. The zero-order valence-electron chi connectivity index (χ0n) is 14.0. The van der Waals surface area contributed by atoms with Crippen LogP contribution in [-0.2, 0) is 11.3 Å². The maximum Gasteiger partial charge on any atom is 0.222 e. The van der Waals surface area contributed by atoms with Crippen LogP contribution in [-0.4, -0.2) is 27.5 Å². The number of carbonyl (C=O) groups excluding carboxylic acids is 1. The monoisotopic (exact) mass is 326 g/mol. The summed E-state index contributed by atoms with van der Waals surface area (Å²) < 4.78 is 2.06. The van der Waals surface area contributed by atoms with Crippen LogP contribution in [0.3, 0.4) is 0 Å². The van der Waals surface area contributed by atoms with Gasteiger partial charge in [-0.3, -0.25) is 4.79 Å². The number of rotatable bonds is 4. The van der Waals surface area contributed by atoms with Crippen molar-refractivity contribution in [3.05, 3.63) is 30.6 Å². The van der Waals surface area contributed by atoms with Crippen molar-refractivity contribution in [2.75, 3.05) is 0 Å². The van der Waals surface area contributed by atoms with Gasteiger partial charge in [-0.2, -0.15) is 0 Å². The second-order valence-electron chi connectivity index (χ2n) is 7.45. The minimum Gasteiger partial charge on any atom is -0.353 e. The SMILES string of the molecule is NC1CC2CCCC(C1)C2NC(=O)CCn1cnc2ccccc21. The molecule has 0 radical (unpaired) electrons. The van der Waals surface area contributed by atoms with Gasteiger partial charge in [-0.1, -0.05) is 18.6 Å². The number of aromatic nitrogens is 2. The molecule has 128 valence electrons. The summed E-state index contributed by atoms with van der Waals surface area (Å²) in [6.07, 6.45) is 8.16. The van der Waals surface area contributed by atoms with E-state index in [0.29, 0.717) is 36.9 Å². The van der Waals surface area contributed by atoms with Crippen LogP contribution < -0.4 is 11.1 Å². The zero-order valence-corrected chi connectivity index (χ0v) is 14.0. The lowest BCUT2D eigenvalue weighted by atomic mass is 9.67. The van der Waals surface area contributed by atoms with Gasteiger partial charge in [0.2, 0.25) is 5.91 Å². The van der Waals surface area contributed by atoms with Crippen LogP contribution in [0.25, 0.3) is 11.0 Å². The van der Waals surface area contributed by atoms with E-state index in [2.05, 4.69) is 14.9 Å². The summed E-state index contributed by atoms with van der Waals surface area (Å²) in [4.78, 5) is 16.9. The van der Waals surface area contributed by atoms with E-state index in [0.717, 1.165) is 23.9 Å². The van der Waals surface area contributed by atoms with E-state index in [1.54, 1.807) is 0 Å². The number of nitrogens with two attached hydrogens (primary N) is 1. The van der Waals surface area contributed by atoms with Crippen molar-refractivity contribution in [2.24, 2.45) is 17.6 Å². The number of carbonyl (C=O) groups is 1. The first-order valence-corrected chi connectivity index (χ1v) is 9.15. The molecule has 0 aliphatic heterocycles. The Morgan fingerprint density at radius 1 is 1.25 bits per heavy atom. The van der Waals surface area contributed by atoms with Gasteiger partial charge in [-0.15, -0.1) is 0 Å². The Balaban J connectivity index is 1.37. The van der Waals surface area contributed by atoms with Gasteiger partial charge in [0.15, 0.2) is 0 Å². The second-order valence-corrected chi connectivity index (χ2v) is 7.45. The molecule has 2 aliphatic carbocycles. The maximum atomic E-state index is 12.5. The summed E-state index contributed by atoms with van der Waals surface area (Å²) in [5, 5.41) is 3.32. The molecular formula is C19H26N4O. The highest BCUT2D eigenvalue weighted by atomic mass is 16.1. The van der Waals surface area contributed by atoms with E-state index < -0.39 is 0 Å². The molecule has 4 rings (SSSR count). The highest BCUT2D eigenvalue weighted by Crippen LogP contribution is 2.39. The largest absolute Gasteiger partial charge is 0.353 e. The molecule has 1 aromatic heterocycles. The number of nitrogens with one attached hydrogen (secondary N) is 1. The smallest absolute Gasteiger partial charge is 0.222 e. The fraction of sp³-hybridized carbons (Fsp3) is 0.579. The third-order valence-electron chi connectivity index (χ3n) is 5.81. The Morgan fingerprint density at radius 2 is 2.00 bits per heavy atom. The first-order valence-electron chi connectivity index (χ1n) is 9.15. The van der Waals surface area contributed by atoms with E-state index in [9.17, 15) is 4.79 Å². The molecule has 1 amide bonds. The molecule has 1 aromatic carbocycles. The third-order valence-corrected chi connectivity index (χ3v) is 5.81. The predicted molar refractivity (Wildman–Crippen MR) is 94.3 cm³/mol. The Hall–Kier alpha value is -1.88. The summed E-state index contributed by atoms with van der Waals surface area (Å²) in [6, 6.07) is 8.70. The van der Waals surface area contributed by atoms with E-state index in [4.69, 9.17) is 5.73 Å². The van der Waals surface area contributed by atoms with Crippen LogP contribution in [0.1, 0.15) is 38.5 Å². The van der Waals surface area contributed by atoms with Crippen LogP contribution in [0, 0.1) is 11.8 Å². The second kappa shape index (κ2) is 6.55. The Bertz CT molecular complexity index is 711. The van der Waals surface area contributed by atoms with Gasteiger partial charge in [0, 0.05) is 25.0 Å². The summed E-state index contributed by atoms with van der Waals surface area (Å²) in [5.74, 6) is 1.31. The molecule has 24 heavy (non-hydrogen) atoms. The maximum absolute atomic E-state index is 12.5. The van der Waals surface area contributed by atoms with Gasteiger partial charge in [-0.05, 0) is 49.7 Å². The average Bonchev–Trinajstić information content (AvgIpc) is 2.97. The highest BCUT2D eigenvalue weighted by molar-refractivity contribution is 5.77. The van der Waals surface area contributed by atoms with Crippen molar-refractivity contribution in [3.63, 3.8) is 0 Å². The van der Waals surface area contributed by atoms with Gasteiger partial charge in [-0.25, -0.2) is 4.98 Å². The zero-order chi connectivity index (χ0) is 16.5. The summed E-state index contributed by atoms with van der Waals surface area (Å²) >= 11 is 0. The van der Waals surface area contributed by atoms with Gasteiger partial charge in [0.05, 0.1) is 17.4 Å².